The number of benzene rings is 1. The van der Waals surface area contributed by atoms with Gasteiger partial charge in [-0.1, -0.05) is 19.9 Å². The van der Waals surface area contributed by atoms with Gasteiger partial charge >= 0.3 is 0 Å². The monoisotopic (exact) mass is 361 g/mol. The van der Waals surface area contributed by atoms with E-state index in [2.05, 4.69) is 19.2 Å². The number of hydrogen-bond acceptors (Lipinski definition) is 4. The summed E-state index contributed by atoms with van der Waals surface area (Å²) in [6.45, 7) is 6.33. The maximum atomic E-state index is 13.0. The van der Waals surface area contributed by atoms with Crippen LogP contribution in [0.4, 0.5) is 0 Å². The first-order valence-corrected chi connectivity index (χ1v) is 9.52. The molecule has 0 aromatic heterocycles. The molecule has 26 heavy (non-hydrogen) atoms. The number of nitrogens with one attached hydrogen (secondary N) is 1. The highest BCUT2D eigenvalue weighted by atomic mass is 16.5. The van der Waals surface area contributed by atoms with Gasteiger partial charge in [0.15, 0.2) is 0 Å². The van der Waals surface area contributed by atoms with E-state index in [0.717, 1.165) is 19.3 Å². The van der Waals surface area contributed by atoms with Crippen molar-refractivity contribution in [2.24, 2.45) is 11.7 Å². The molecule has 1 aliphatic rings. The molecule has 6 nitrogen and oxygen atoms in total. The maximum absolute atomic E-state index is 13.0. The molecule has 6 heteroatoms. The van der Waals surface area contributed by atoms with E-state index < -0.39 is 0 Å². The lowest BCUT2D eigenvalue weighted by Gasteiger charge is -2.36. The van der Waals surface area contributed by atoms with Crippen LogP contribution in [0.2, 0.25) is 0 Å². The Balaban J connectivity index is 2.03. The fraction of sp³-hybridized carbons (Fsp3) is 0.600. The molecular weight excluding hydrogens is 330 g/mol. The zero-order valence-corrected chi connectivity index (χ0v) is 15.9. The molecule has 0 radical (unpaired) electrons. The van der Waals surface area contributed by atoms with Crippen LogP contribution in [0.15, 0.2) is 24.3 Å². The third kappa shape index (κ3) is 6.02. The second kappa shape index (κ2) is 10.2. The number of hydrogen-bond donors (Lipinski definition) is 2. The molecule has 1 saturated heterocycles. The van der Waals surface area contributed by atoms with Crippen LogP contribution in [0, 0.1) is 5.92 Å². The minimum absolute atomic E-state index is 0.00206. The molecule has 1 unspecified atom stereocenters. The SMILES string of the molecule is CC(C)COc1cccc(C(=O)N2CCCCC2CNC(=O)CCN)c1. The molecule has 1 atom stereocenters. The molecule has 1 heterocycles. The standard InChI is InChI=1S/C20H31N3O3/c1-15(2)14-26-18-8-5-6-16(12-18)20(25)23-11-4-3-7-17(23)13-22-19(24)9-10-21/h5-6,8,12,15,17H,3-4,7,9-11,13-14,21H2,1-2H3,(H,22,24). The van der Waals surface area contributed by atoms with E-state index in [4.69, 9.17) is 10.5 Å². The maximum Gasteiger partial charge on any atom is 0.254 e. The van der Waals surface area contributed by atoms with E-state index in [1.807, 2.05) is 29.2 Å². The molecule has 1 aliphatic heterocycles. The molecule has 1 fully saturated rings. The molecule has 0 saturated carbocycles. The average Bonchev–Trinajstić information content (AvgIpc) is 2.65. The summed E-state index contributed by atoms with van der Waals surface area (Å²) >= 11 is 0. The summed E-state index contributed by atoms with van der Waals surface area (Å²) in [5.41, 5.74) is 6.04. The Labute approximate surface area is 156 Å². The van der Waals surface area contributed by atoms with E-state index in [9.17, 15) is 9.59 Å². The number of carbonyl (C=O) groups is 2. The summed E-state index contributed by atoms with van der Waals surface area (Å²) in [5.74, 6) is 1.08. The molecule has 0 bridgehead atoms. The van der Waals surface area contributed by atoms with Gasteiger partial charge < -0.3 is 20.7 Å². The Morgan fingerprint density at radius 3 is 2.88 bits per heavy atom. The number of nitrogens with two attached hydrogens (primary N) is 1. The van der Waals surface area contributed by atoms with Crippen molar-refractivity contribution >= 4 is 11.8 Å². The van der Waals surface area contributed by atoms with Gasteiger partial charge in [0.25, 0.3) is 5.91 Å². The Bertz CT molecular complexity index is 604. The van der Waals surface area contributed by atoms with Crippen molar-refractivity contribution in [1.82, 2.24) is 10.2 Å². The van der Waals surface area contributed by atoms with Gasteiger partial charge in [0.1, 0.15) is 5.75 Å². The smallest absolute Gasteiger partial charge is 0.254 e. The summed E-state index contributed by atoms with van der Waals surface area (Å²) in [4.78, 5) is 26.6. The molecule has 144 valence electrons. The lowest BCUT2D eigenvalue weighted by molar-refractivity contribution is -0.121. The molecular formula is C20H31N3O3. The van der Waals surface area contributed by atoms with Crippen LogP contribution in [0.3, 0.4) is 0 Å². The van der Waals surface area contributed by atoms with Crippen molar-refractivity contribution < 1.29 is 14.3 Å². The summed E-state index contributed by atoms with van der Waals surface area (Å²) in [5, 5.41) is 2.90. The van der Waals surface area contributed by atoms with Gasteiger partial charge in [0.2, 0.25) is 5.91 Å². The summed E-state index contributed by atoms with van der Waals surface area (Å²) < 4.78 is 5.74. The lowest BCUT2D eigenvalue weighted by atomic mass is 10.0. The normalized spacial score (nSPS) is 17.2. The Morgan fingerprint density at radius 2 is 2.15 bits per heavy atom. The van der Waals surface area contributed by atoms with Gasteiger partial charge in [-0.15, -0.1) is 0 Å². The summed E-state index contributed by atoms with van der Waals surface area (Å²) in [7, 11) is 0. The van der Waals surface area contributed by atoms with Crippen molar-refractivity contribution in [2.75, 3.05) is 26.2 Å². The topological polar surface area (TPSA) is 84.7 Å². The van der Waals surface area contributed by atoms with Gasteiger partial charge in [0.05, 0.1) is 6.61 Å². The molecule has 3 N–H and O–H groups in total. The Kier molecular flexibility index (Phi) is 7.91. The molecule has 2 rings (SSSR count). The predicted octanol–water partition coefficient (Wildman–Crippen LogP) is 2.18. The van der Waals surface area contributed by atoms with E-state index in [0.29, 0.717) is 49.9 Å². The predicted molar refractivity (Wildman–Crippen MR) is 102 cm³/mol. The highest BCUT2D eigenvalue weighted by molar-refractivity contribution is 5.95. The first-order valence-electron chi connectivity index (χ1n) is 9.52. The number of nitrogens with zero attached hydrogens (tertiary/aromatic N) is 1. The third-order valence-electron chi connectivity index (χ3n) is 4.46. The van der Waals surface area contributed by atoms with Crippen LogP contribution in [0.5, 0.6) is 5.75 Å². The molecule has 1 aromatic rings. The van der Waals surface area contributed by atoms with Crippen molar-refractivity contribution in [3.63, 3.8) is 0 Å². The van der Waals surface area contributed by atoms with Gasteiger partial charge in [-0.2, -0.15) is 0 Å². The minimum Gasteiger partial charge on any atom is -0.493 e. The van der Waals surface area contributed by atoms with Crippen LogP contribution >= 0.6 is 0 Å². The molecule has 0 aliphatic carbocycles. The van der Waals surface area contributed by atoms with Crippen LogP contribution in [-0.4, -0.2) is 49.0 Å². The van der Waals surface area contributed by atoms with Gasteiger partial charge in [-0.05, 0) is 43.4 Å². The van der Waals surface area contributed by atoms with Crippen LogP contribution in [-0.2, 0) is 4.79 Å². The molecule has 0 spiro atoms. The second-order valence-corrected chi connectivity index (χ2v) is 7.22. The number of carbonyl (C=O) groups excluding carboxylic acids is 2. The highest BCUT2D eigenvalue weighted by Gasteiger charge is 2.27. The van der Waals surface area contributed by atoms with Crippen molar-refractivity contribution in [3.05, 3.63) is 29.8 Å². The zero-order chi connectivity index (χ0) is 18.9. The first kappa shape index (κ1) is 20.2. The van der Waals surface area contributed by atoms with Crippen molar-refractivity contribution in [3.8, 4) is 5.75 Å². The lowest BCUT2D eigenvalue weighted by Crippen LogP contribution is -2.49. The van der Waals surface area contributed by atoms with E-state index in [1.54, 1.807) is 0 Å². The largest absolute Gasteiger partial charge is 0.493 e. The van der Waals surface area contributed by atoms with Gasteiger partial charge in [0, 0.05) is 37.7 Å². The van der Waals surface area contributed by atoms with E-state index in [-0.39, 0.29) is 17.9 Å². The van der Waals surface area contributed by atoms with Crippen molar-refractivity contribution in [2.45, 2.75) is 45.6 Å². The molecule has 1 aromatic carbocycles. The van der Waals surface area contributed by atoms with Gasteiger partial charge in [-0.25, -0.2) is 0 Å². The Hall–Kier alpha value is -2.08. The Morgan fingerprint density at radius 1 is 1.35 bits per heavy atom. The summed E-state index contributed by atoms with van der Waals surface area (Å²) in [6, 6.07) is 7.38. The number of rotatable bonds is 8. The van der Waals surface area contributed by atoms with Crippen LogP contribution in [0.1, 0.15) is 49.9 Å². The highest BCUT2D eigenvalue weighted by Crippen LogP contribution is 2.22. The number of likely N-dealkylation sites (tertiary alicyclic amines) is 1. The number of amides is 2. The summed E-state index contributed by atoms with van der Waals surface area (Å²) in [6.07, 6.45) is 3.27. The van der Waals surface area contributed by atoms with E-state index in [1.165, 1.54) is 0 Å². The fourth-order valence-electron chi connectivity index (χ4n) is 3.08. The first-order chi connectivity index (χ1) is 12.5. The number of ether oxygens (including phenoxy) is 1. The number of piperidine rings is 1. The third-order valence-corrected chi connectivity index (χ3v) is 4.46. The van der Waals surface area contributed by atoms with E-state index >= 15 is 0 Å². The van der Waals surface area contributed by atoms with Crippen LogP contribution < -0.4 is 15.8 Å². The fourth-order valence-corrected chi connectivity index (χ4v) is 3.08. The van der Waals surface area contributed by atoms with Crippen LogP contribution in [0.25, 0.3) is 0 Å². The average molecular weight is 361 g/mol. The quantitative estimate of drug-likeness (QED) is 0.743. The van der Waals surface area contributed by atoms with Gasteiger partial charge in [-0.3, -0.25) is 9.59 Å². The minimum atomic E-state index is -0.0606. The van der Waals surface area contributed by atoms with Crippen molar-refractivity contribution in [1.29, 1.82) is 0 Å². The second-order valence-electron chi connectivity index (χ2n) is 7.22. The zero-order valence-electron chi connectivity index (χ0n) is 15.9. The molecule has 2 amide bonds.